The average Bonchev–Trinajstić information content (AvgIpc) is 2.70. The number of nitro benzene ring substituents is 1. The maximum Gasteiger partial charge on any atom is 0.273 e. The lowest BCUT2D eigenvalue weighted by Crippen LogP contribution is -1.99. The van der Waals surface area contributed by atoms with Crippen molar-refractivity contribution >= 4 is 17.9 Å². The van der Waals surface area contributed by atoms with Crippen LogP contribution in [0.4, 0.5) is 5.69 Å². The smallest absolute Gasteiger partial charge is 0.273 e. The van der Waals surface area contributed by atoms with E-state index in [-0.39, 0.29) is 5.69 Å². The minimum atomic E-state index is -0.392. The lowest BCUT2D eigenvalue weighted by atomic mass is 10.1. The molecule has 0 atom stereocenters. The van der Waals surface area contributed by atoms with Gasteiger partial charge in [-0.05, 0) is 26.1 Å². The van der Waals surface area contributed by atoms with Gasteiger partial charge in [-0.3, -0.25) is 15.2 Å². The van der Waals surface area contributed by atoms with Crippen molar-refractivity contribution in [1.29, 1.82) is 0 Å². The molecule has 1 heterocycles. The van der Waals surface area contributed by atoms with E-state index in [1.165, 1.54) is 6.07 Å². The molecule has 1 N–H and O–H groups in total. The predicted molar refractivity (Wildman–Crippen MR) is 69.9 cm³/mol. The lowest BCUT2D eigenvalue weighted by molar-refractivity contribution is -0.385. The highest BCUT2D eigenvalue weighted by molar-refractivity contribution is 7.71. The van der Waals surface area contributed by atoms with E-state index < -0.39 is 4.92 Å². The van der Waals surface area contributed by atoms with Gasteiger partial charge in [0.25, 0.3) is 5.69 Å². The highest BCUT2D eigenvalue weighted by Crippen LogP contribution is 2.25. The summed E-state index contributed by atoms with van der Waals surface area (Å²) >= 11 is 5.09. The van der Waals surface area contributed by atoms with Gasteiger partial charge < -0.3 is 4.57 Å². The zero-order chi connectivity index (χ0) is 13.3. The van der Waals surface area contributed by atoms with Gasteiger partial charge in [0.1, 0.15) is 0 Å². The van der Waals surface area contributed by atoms with Crippen molar-refractivity contribution in [1.82, 2.24) is 14.8 Å². The predicted octanol–water partition coefficient (Wildman–Crippen LogP) is 2.84. The number of aryl methyl sites for hydroxylation is 1. The molecule has 94 valence electrons. The fraction of sp³-hybridized carbons (Fsp3) is 0.273. The van der Waals surface area contributed by atoms with E-state index in [0.29, 0.717) is 28.3 Å². The van der Waals surface area contributed by atoms with E-state index in [1.54, 1.807) is 23.6 Å². The van der Waals surface area contributed by atoms with Crippen LogP contribution in [0.1, 0.15) is 12.5 Å². The molecule has 0 saturated carbocycles. The first-order valence-corrected chi connectivity index (χ1v) is 5.86. The van der Waals surface area contributed by atoms with Crippen LogP contribution in [-0.4, -0.2) is 19.7 Å². The van der Waals surface area contributed by atoms with Gasteiger partial charge in [-0.2, -0.15) is 5.10 Å². The third-order valence-corrected chi connectivity index (χ3v) is 3.05. The van der Waals surface area contributed by atoms with E-state index in [2.05, 4.69) is 10.2 Å². The van der Waals surface area contributed by atoms with Crippen LogP contribution >= 0.6 is 12.2 Å². The minimum Gasteiger partial charge on any atom is -0.300 e. The number of H-pyrrole nitrogens is 1. The maximum absolute atomic E-state index is 10.9. The first kappa shape index (κ1) is 12.4. The van der Waals surface area contributed by atoms with Gasteiger partial charge in [0.05, 0.1) is 4.92 Å². The first-order valence-electron chi connectivity index (χ1n) is 5.45. The van der Waals surface area contributed by atoms with Crippen LogP contribution in [0.15, 0.2) is 18.2 Å². The van der Waals surface area contributed by atoms with Crippen LogP contribution in [0.3, 0.4) is 0 Å². The molecule has 0 radical (unpaired) electrons. The normalized spacial score (nSPS) is 10.6. The van der Waals surface area contributed by atoms with Crippen molar-refractivity contribution in [3.8, 4) is 11.4 Å². The Labute approximate surface area is 108 Å². The number of benzene rings is 1. The third-order valence-electron chi connectivity index (χ3n) is 2.74. The van der Waals surface area contributed by atoms with Gasteiger partial charge in [-0.1, -0.05) is 12.1 Å². The summed E-state index contributed by atoms with van der Waals surface area (Å²) in [6.07, 6.45) is 0. The Balaban J connectivity index is 2.61. The van der Waals surface area contributed by atoms with Crippen LogP contribution in [0.25, 0.3) is 11.4 Å². The highest BCUT2D eigenvalue weighted by atomic mass is 32.1. The molecule has 0 spiro atoms. The molecule has 0 aliphatic rings. The Morgan fingerprint density at radius 1 is 1.56 bits per heavy atom. The molecule has 6 nitrogen and oxygen atoms in total. The highest BCUT2D eigenvalue weighted by Gasteiger charge is 2.15. The molecule has 0 amide bonds. The Bertz CT molecular complexity index is 659. The fourth-order valence-corrected chi connectivity index (χ4v) is 2.04. The van der Waals surface area contributed by atoms with E-state index in [0.717, 1.165) is 0 Å². The summed E-state index contributed by atoms with van der Waals surface area (Å²) in [5.41, 5.74) is 1.39. The van der Waals surface area contributed by atoms with E-state index in [4.69, 9.17) is 12.2 Å². The molecule has 1 aromatic heterocycles. The summed E-state index contributed by atoms with van der Waals surface area (Å²) in [6.45, 7) is 4.31. The van der Waals surface area contributed by atoms with Gasteiger partial charge in [0.15, 0.2) is 10.6 Å². The number of aromatic amines is 1. The fourth-order valence-electron chi connectivity index (χ4n) is 1.78. The zero-order valence-corrected chi connectivity index (χ0v) is 10.8. The maximum atomic E-state index is 10.9. The summed E-state index contributed by atoms with van der Waals surface area (Å²) in [6, 6.07) is 5.04. The monoisotopic (exact) mass is 264 g/mol. The Morgan fingerprint density at radius 3 is 2.89 bits per heavy atom. The van der Waals surface area contributed by atoms with Crippen molar-refractivity contribution in [2.24, 2.45) is 0 Å². The van der Waals surface area contributed by atoms with Crippen LogP contribution in [-0.2, 0) is 6.54 Å². The molecular weight excluding hydrogens is 252 g/mol. The van der Waals surface area contributed by atoms with Gasteiger partial charge >= 0.3 is 0 Å². The standard InChI is InChI=1S/C11H12N4O2S/c1-3-14-10(12-13-11(14)18)8-5-4-7(2)9(6-8)15(16)17/h4-6H,3H2,1-2H3,(H,13,18). The molecule has 0 unspecified atom stereocenters. The summed E-state index contributed by atoms with van der Waals surface area (Å²) in [7, 11) is 0. The van der Waals surface area contributed by atoms with Gasteiger partial charge in [-0.15, -0.1) is 0 Å². The quantitative estimate of drug-likeness (QED) is 0.525. The summed E-state index contributed by atoms with van der Waals surface area (Å²) in [4.78, 5) is 10.5. The first-order chi connectivity index (χ1) is 8.54. The molecule has 18 heavy (non-hydrogen) atoms. The number of rotatable bonds is 3. The van der Waals surface area contributed by atoms with Crippen molar-refractivity contribution in [2.45, 2.75) is 20.4 Å². The van der Waals surface area contributed by atoms with Crippen molar-refractivity contribution in [2.75, 3.05) is 0 Å². The van der Waals surface area contributed by atoms with Crippen molar-refractivity contribution in [3.05, 3.63) is 38.6 Å². The molecule has 1 aromatic carbocycles. The number of nitro groups is 1. The molecule has 2 rings (SSSR count). The summed E-state index contributed by atoms with van der Waals surface area (Å²) < 4.78 is 2.31. The van der Waals surface area contributed by atoms with Crippen molar-refractivity contribution < 1.29 is 4.92 Å². The zero-order valence-electron chi connectivity index (χ0n) is 10.0. The van der Waals surface area contributed by atoms with Gasteiger partial charge in [0, 0.05) is 23.7 Å². The van der Waals surface area contributed by atoms with Gasteiger partial charge in [-0.25, -0.2) is 0 Å². The van der Waals surface area contributed by atoms with Gasteiger partial charge in [0.2, 0.25) is 0 Å². The molecule has 2 aromatic rings. The topological polar surface area (TPSA) is 76.8 Å². The number of nitrogens with zero attached hydrogens (tertiary/aromatic N) is 3. The molecule has 0 bridgehead atoms. The average molecular weight is 264 g/mol. The molecule has 0 fully saturated rings. The second kappa shape index (κ2) is 4.69. The Hall–Kier alpha value is -2.02. The number of hydrogen-bond donors (Lipinski definition) is 1. The molecule has 0 aliphatic carbocycles. The SMILES string of the molecule is CCn1c(-c2ccc(C)c([N+](=O)[O-])c2)n[nH]c1=S. The number of hydrogen-bond acceptors (Lipinski definition) is 4. The minimum absolute atomic E-state index is 0.0871. The largest absolute Gasteiger partial charge is 0.300 e. The number of aromatic nitrogens is 3. The third kappa shape index (κ3) is 2.04. The Morgan fingerprint density at radius 2 is 2.28 bits per heavy atom. The molecule has 0 aliphatic heterocycles. The van der Waals surface area contributed by atoms with Crippen LogP contribution in [0.2, 0.25) is 0 Å². The van der Waals surface area contributed by atoms with E-state index >= 15 is 0 Å². The second-order valence-corrected chi connectivity index (χ2v) is 4.24. The molecule has 0 saturated heterocycles. The van der Waals surface area contributed by atoms with E-state index in [9.17, 15) is 10.1 Å². The Kier molecular flexibility index (Phi) is 3.24. The summed E-state index contributed by atoms with van der Waals surface area (Å²) in [5, 5.41) is 17.7. The summed E-state index contributed by atoms with van der Waals surface area (Å²) in [5.74, 6) is 0.616. The van der Waals surface area contributed by atoms with Crippen LogP contribution < -0.4 is 0 Å². The van der Waals surface area contributed by atoms with Crippen LogP contribution in [0, 0.1) is 21.8 Å². The van der Waals surface area contributed by atoms with E-state index in [1.807, 2.05) is 6.92 Å². The van der Waals surface area contributed by atoms with Crippen molar-refractivity contribution in [3.63, 3.8) is 0 Å². The molecular formula is C11H12N4O2S. The lowest BCUT2D eigenvalue weighted by Gasteiger charge is -2.04. The van der Waals surface area contributed by atoms with Crippen LogP contribution in [0.5, 0.6) is 0 Å². The second-order valence-electron chi connectivity index (χ2n) is 3.86. The number of nitrogens with one attached hydrogen (secondary N) is 1. The molecule has 7 heteroatoms.